The Balaban J connectivity index is 2.25. The van der Waals surface area contributed by atoms with Crippen molar-refractivity contribution in [2.24, 2.45) is 0 Å². The second-order valence-corrected chi connectivity index (χ2v) is 5.32. The monoisotopic (exact) mass is 332 g/mol. The fourth-order valence-electron chi connectivity index (χ4n) is 2.05. The maximum atomic E-state index is 11.6. The molecule has 0 saturated heterocycles. The molecule has 0 aliphatic carbocycles. The van der Waals surface area contributed by atoms with E-state index in [1.165, 1.54) is 7.11 Å². The van der Waals surface area contributed by atoms with Crippen molar-refractivity contribution in [3.05, 3.63) is 47.1 Å². The van der Waals surface area contributed by atoms with Crippen molar-refractivity contribution in [1.29, 1.82) is 0 Å². The normalized spacial score (nSPS) is 10.2. The van der Waals surface area contributed by atoms with E-state index in [1.807, 2.05) is 6.92 Å². The predicted octanol–water partition coefficient (Wildman–Crippen LogP) is 3.93. The summed E-state index contributed by atoms with van der Waals surface area (Å²) in [5.41, 5.74) is 1.83. The van der Waals surface area contributed by atoms with E-state index in [1.54, 1.807) is 36.5 Å². The molecule has 1 amide bonds. The zero-order valence-electron chi connectivity index (χ0n) is 12.9. The van der Waals surface area contributed by atoms with Crippen LogP contribution in [0, 0.1) is 0 Å². The van der Waals surface area contributed by atoms with Crippen LogP contribution < -0.4 is 5.32 Å². The van der Waals surface area contributed by atoms with E-state index in [2.05, 4.69) is 10.3 Å². The van der Waals surface area contributed by atoms with E-state index in [0.717, 1.165) is 12.0 Å². The second-order valence-electron chi connectivity index (χ2n) is 4.92. The number of carbonyl (C=O) groups is 2. The number of anilines is 1. The van der Waals surface area contributed by atoms with Crippen LogP contribution in [0.2, 0.25) is 5.02 Å². The van der Waals surface area contributed by atoms with Gasteiger partial charge in [-0.2, -0.15) is 0 Å². The first kappa shape index (κ1) is 17.0. The molecule has 23 heavy (non-hydrogen) atoms. The fourth-order valence-corrected chi connectivity index (χ4v) is 2.28. The van der Waals surface area contributed by atoms with Crippen molar-refractivity contribution in [1.82, 2.24) is 4.98 Å². The van der Waals surface area contributed by atoms with Crippen LogP contribution in [0.25, 0.3) is 11.1 Å². The molecular weight excluding hydrogens is 316 g/mol. The number of halogens is 1. The Kier molecular flexibility index (Phi) is 5.71. The van der Waals surface area contributed by atoms with Crippen molar-refractivity contribution in [3.63, 3.8) is 0 Å². The molecule has 0 fully saturated rings. The van der Waals surface area contributed by atoms with Crippen LogP contribution in [-0.2, 0) is 9.53 Å². The van der Waals surface area contributed by atoms with Gasteiger partial charge in [0.1, 0.15) is 5.82 Å². The van der Waals surface area contributed by atoms with Crippen LogP contribution in [0.4, 0.5) is 5.82 Å². The van der Waals surface area contributed by atoms with Crippen LogP contribution in [0.15, 0.2) is 36.5 Å². The van der Waals surface area contributed by atoms with Crippen LogP contribution in [0.5, 0.6) is 0 Å². The zero-order valence-corrected chi connectivity index (χ0v) is 13.7. The number of nitrogens with zero attached hydrogens (tertiary/aromatic N) is 1. The third-order valence-electron chi connectivity index (χ3n) is 3.21. The zero-order chi connectivity index (χ0) is 16.8. The number of amides is 1. The number of pyridine rings is 1. The molecule has 1 aromatic heterocycles. The lowest BCUT2D eigenvalue weighted by molar-refractivity contribution is -0.116. The Morgan fingerprint density at radius 1 is 1.26 bits per heavy atom. The molecular formula is C17H17ClN2O3. The molecule has 120 valence electrons. The molecule has 2 aromatic rings. The lowest BCUT2D eigenvalue weighted by Gasteiger charge is -2.08. The van der Waals surface area contributed by atoms with Crippen LogP contribution >= 0.6 is 11.6 Å². The van der Waals surface area contributed by atoms with E-state index < -0.39 is 5.97 Å². The van der Waals surface area contributed by atoms with Crippen molar-refractivity contribution >= 4 is 29.3 Å². The number of carbonyl (C=O) groups excluding carboxylic acids is 2. The highest BCUT2D eigenvalue weighted by atomic mass is 35.5. The van der Waals surface area contributed by atoms with E-state index in [0.29, 0.717) is 28.4 Å². The molecule has 0 unspecified atom stereocenters. The van der Waals surface area contributed by atoms with Gasteiger partial charge in [0.05, 0.1) is 12.7 Å². The number of esters is 1. The minimum absolute atomic E-state index is 0.0709. The van der Waals surface area contributed by atoms with Gasteiger partial charge in [0.15, 0.2) is 0 Å². The fraction of sp³-hybridized carbons (Fsp3) is 0.235. The predicted molar refractivity (Wildman–Crippen MR) is 89.6 cm³/mol. The SMILES string of the molecule is CCCC(=O)Nc1ccc(-c2cc(C(=O)OC)ccc2Cl)cn1. The summed E-state index contributed by atoms with van der Waals surface area (Å²) < 4.78 is 4.71. The first-order chi connectivity index (χ1) is 11.0. The van der Waals surface area contributed by atoms with E-state index in [9.17, 15) is 9.59 Å². The van der Waals surface area contributed by atoms with E-state index in [-0.39, 0.29) is 5.91 Å². The number of methoxy groups -OCH3 is 1. The van der Waals surface area contributed by atoms with E-state index >= 15 is 0 Å². The van der Waals surface area contributed by atoms with Crippen molar-refractivity contribution < 1.29 is 14.3 Å². The molecule has 0 aliphatic heterocycles. The summed E-state index contributed by atoms with van der Waals surface area (Å²) in [4.78, 5) is 27.4. The molecule has 0 saturated carbocycles. The highest BCUT2D eigenvalue weighted by molar-refractivity contribution is 6.33. The van der Waals surface area contributed by atoms with Crippen molar-refractivity contribution in [3.8, 4) is 11.1 Å². The third kappa shape index (κ3) is 4.29. The molecule has 1 heterocycles. The summed E-state index contributed by atoms with van der Waals surface area (Å²) in [6.07, 6.45) is 2.83. The first-order valence-electron chi connectivity index (χ1n) is 7.19. The lowest BCUT2D eigenvalue weighted by atomic mass is 10.0. The minimum atomic E-state index is -0.431. The minimum Gasteiger partial charge on any atom is -0.465 e. The van der Waals surface area contributed by atoms with Crippen LogP contribution in [0.1, 0.15) is 30.1 Å². The molecule has 0 bridgehead atoms. The van der Waals surface area contributed by atoms with E-state index in [4.69, 9.17) is 16.3 Å². The maximum absolute atomic E-state index is 11.6. The number of benzene rings is 1. The summed E-state index contributed by atoms with van der Waals surface area (Å²) in [7, 11) is 1.33. The lowest BCUT2D eigenvalue weighted by Crippen LogP contribution is -2.11. The highest BCUT2D eigenvalue weighted by Gasteiger charge is 2.11. The third-order valence-corrected chi connectivity index (χ3v) is 3.54. The summed E-state index contributed by atoms with van der Waals surface area (Å²) >= 11 is 6.19. The number of hydrogen-bond acceptors (Lipinski definition) is 4. The Morgan fingerprint density at radius 3 is 2.65 bits per heavy atom. The molecule has 0 aliphatic rings. The van der Waals surface area contributed by atoms with Gasteiger partial charge in [-0.3, -0.25) is 4.79 Å². The van der Waals surface area contributed by atoms with Crippen LogP contribution in [-0.4, -0.2) is 24.0 Å². The van der Waals surface area contributed by atoms with Gasteiger partial charge in [-0.1, -0.05) is 18.5 Å². The van der Waals surface area contributed by atoms with Gasteiger partial charge in [0.2, 0.25) is 5.91 Å². The molecule has 2 rings (SSSR count). The molecule has 0 radical (unpaired) electrons. The quantitative estimate of drug-likeness (QED) is 0.842. The molecule has 0 spiro atoms. The standard InChI is InChI=1S/C17H17ClN2O3/c1-3-4-16(21)20-15-8-6-12(10-19-15)13-9-11(17(22)23-2)5-7-14(13)18/h5-10H,3-4H2,1-2H3,(H,19,20,21). The van der Waals surface area contributed by atoms with Gasteiger partial charge in [-0.25, -0.2) is 9.78 Å². The molecule has 1 N–H and O–H groups in total. The van der Waals surface area contributed by atoms with Gasteiger partial charge in [0.25, 0.3) is 0 Å². The summed E-state index contributed by atoms with van der Waals surface area (Å²) in [6.45, 7) is 1.94. The van der Waals surface area contributed by atoms with Gasteiger partial charge < -0.3 is 10.1 Å². The summed E-state index contributed by atoms with van der Waals surface area (Å²) in [5.74, 6) is -0.0229. The topological polar surface area (TPSA) is 68.3 Å². The summed E-state index contributed by atoms with van der Waals surface area (Å²) in [6, 6.07) is 8.38. The average Bonchev–Trinajstić information content (AvgIpc) is 2.55. The smallest absolute Gasteiger partial charge is 0.337 e. The Bertz CT molecular complexity index is 714. The Hall–Kier alpha value is -2.40. The summed E-state index contributed by atoms with van der Waals surface area (Å²) in [5, 5.41) is 3.22. The number of aromatic nitrogens is 1. The Labute approximate surface area is 139 Å². The van der Waals surface area contributed by atoms with Gasteiger partial charge >= 0.3 is 5.97 Å². The number of hydrogen-bond donors (Lipinski definition) is 1. The van der Waals surface area contributed by atoms with Crippen LogP contribution in [0.3, 0.4) is 0 Å². The largest absolute Gasteiger partial charge is 0.465 e. The molecule has 0 atom stereocenters. The highest BCUT2D eigenvalue weighted by Crippen LogP contribution is 2.29. The second kappa shape index (κ2) is 7.74. The number of ether oxygens (including phenoxy) is 1. The molecule has 6 heteroatoms. The van der Waals surface area contributed by atoms with Crippen molar-refractivity contribution in [2.75, 3.05) is 12.4 Å². The first-order valence-corrected chi connectivity index (χ1v) is 7.57. The number of nitrogens with one attached hydrogen (secondary N) is 1. The molecule has 1 aromatic carbocycles. The van der Waals surface area contributed by atoms with Crippen molar-refractivity contribution in [2.45, 2.75) is 19.8 Å². The van der Waals surface area contributed by atoms with Gasteiger partial charge in [-0.15, -0.1) is 0 Å². The number of rotatable bonds is 5. The van der Waals surface area contributed by atoms with Gasteiger partial charge in [0, 0.05) is 28.8 Å². The molecule has 5 nitrogen and oxygen atoms in total. The van der Waals surface area contributed by atoms with Gasteiger partial charge in [-0.05, 0) is 36.8 Å². The Morgan fingerprint density at radius 2 is 2.04 bits per heavy atom. The average molecular weight is 333 g/mol. The maximum Gasteiger partial charge on any atom is 0.337 e.